The van der Waals surface area contributed by atoms with E-state index in [9.17, 15) is 0 Å². The number of rotatable bonds is 7. The summed E-state index contributed by atoms with van der Waals surface area (Å²) in [6.07, 6.45) is 0. The maximum absolute atomic E-state index is 5.19. The first-order valence-corrected chi connectivity index (χ1v) is 18.9. The van der Waals surface area contributed by atoms with Crippen molar-refractivity contribution in [2.24, 2.45) is 0 Å². The number of fused-ring (bicyclic) bond motifs is 2. The summed E-state index contributed by atoms with van der Waals surface area (Å²) in [6.45, 7) is 0. The molecule has 0 atom stereocenters. The van der Waals surface area contributed by atoms with Crippen LogP contribution in [0.4, 0.5) is 0 Å². The highest BCUT2D eigenvalue weighted by molar-refractivity contribution is 6.05. The molecule has 0 saturated heterocycles. The van der Waals surface area contributed by atoms with Gasteiger partial charge in [-0.15, -0.1) is 0 Å². The molecule has 0 saturated carbocycles. The molecule has 0 bridgehead atoms. The van der Waals surface area contributed by atoms with Crippen molar-refractivity contribution in [1.29, 1.82) is 0 Å². The molecule has 10 rings (SSSR count). The monoisotopic (exact) mass is 713 g/mol. The van der Waals surface area contributed by atoms with Gasteiger partial charge in [-0.2, -0.15) is 0 Å². The second-order valence-corrected chi connectivity index (χ2v) is 14.0. The van der Waals surface area contributed by atoms with Crippen LogP contribution in [0, 0.1) is 0 Å². The van der Waals surface area contributed by atoms with Gasteiger partial charge in [0.2, 0.25) is 0 Å². The summed E-state index contributed by atoms with van der Waals surface area (Å²) in [4.78, 5) is 15.5. The van der Waals surface area contributed by atoms with E-state index in [4.69, 9.17) is 15.0 Å². The maximum atomic E-state index is 5.19. The molecule has 0 radical (unpaired) electrons. The number of nitrogens with zero attached hydrogens (tertiary/aromatic N) is 3. The fraction of sp³-hybridized carbons (Fsp3) is 0. The van der Waals surface area contributed by atoms with E-state index in [1.54, 1.807) is 0 Å². The summed E-state index contributed by atoms with van der Waals surface area (Å²) in [7, 11) is 0. The molecule has 1 aromatic heterocycles. The first-order chi connectivity index (χ1) is 27.7. The minimum absolute atomic E-state index is 0.625. The second kappa shape index (κ2) is 14.4. The average molecular weight is 714 g/mol. The van der Waals surface area contributed by atoms with Gasteiger partial charge in [0.1, 0.15) is 0 Å². The van der Waals surface area contributed by atoms with Crippen LogP contribution in [0.3, 0.4) is 0 Å². The summed E-state index contributed by atoms with van der Waals surface area (Å²) in [5.74, 6) is 1.88. The van der Waals surface area contributed by atoms with Crippen molar-refractivity contribution >= 4 is 21.5 Å². The Bertz CT molecular complexity index is 3000. The van der Waals surface area contributed by atoms with Crippen molar-refractivity contribution in [2.75, 3.05) is 0 Å². The van der Waals surface area contributed by atoms with Crippen LogP contribution in [0.25, 0.3) is 100 Å². The molecule has 0 aliphatic carbocycles. The Balaban J connectivity index is 1.10. The number of aromatic nitrogens is 3. The summed E-state index contributed by atoms with van der Waals surface area (Å²) in [6, 6.07) is 74.7. The van der Waals surface area contributed by atoms with Gasteiger partial charge in [-0.1, -0.05) is 200 Å². The van der Waals surface area contributed by atoms with E-state index in [-0.39, 0.29) is 0 Å². The first-order valence-electron chi connectivity index (χ1n) is 18.9. The Morgan fingerprint density at radius 1 is 0.214 bits per heavy atom. The summed E-state index contributed by atoms with van der Waals surface area (Å²) in [5.41, 5.74) is 12.1. The van der Waals surface area contributed by atoms with Gasteiger partial charge in [0.25, 0.3) is 0 Å². The molecule has 0 fully saturated rings. The normalized spacial score (nSPS) is 11.2. The highest BCUT2D eigenvalue weighted by Crippen LogP contribution is 2.38. The topological polar surface area (TPSA) is 38.7 Å². The zero-order valence-corrected chi connectivity index (χ0v) is 30.5. The zero-order chi connectivity index (χ0) is 37.3. The third kappa shape index (κ3) is 6.31. The van der Waals surface area contributed by atoms with Gasteiger partial charge in [0.05, 0.1) is 0 Å². The lowest BCUT2D eigenvalue weighted by Crippen LogP contribution is -2.00. The van der Waals surface area contributed by atoms with Crippen molar-refractivity contribution in [3.05, 3.63) is 212 Å². The van der Waals surface area contributed by atoms with Crippen LogP contribution >= 0.6 is 0 Å². The second-order valence-electron chi connectivity index (χ2n) is 14.0. The van der Waals surface area contributed by atoms with Crippen molar-refractivity contribution in [1.82, 2.24) is 15.0 Å². The van der Waals surface area contributed by atoms with Crippen LogP contribution < -0.4 is 0 Å². The molecule has 1 heterocycles. The Kier molecular flexibility index (Phi) is 8.51. The Hall–Kier alpha value is -7.49. The number of hydrogen-bond donors (Lipinski definition) is 0. The molecule has 0 N–H and O–H groups in total. The molecule has 0 aliphatic rings. The summed E-state index contributed by atoms with van der Waals surface area (Å²) >= 11 is 0. The molecule has 0 spiro atoms. The third-order valence-corrected chi connectivity index (χ3v) is 10.5. The largest absolute Gasteiger partial charge is 0.208 e. The van der Waals surface area contributed by atoms with Gasteiger partial charge in [-0.05, 0) is 78.2 Å². The van der Waals surface area contributed by atoms with Gasteiger partial charge < -0.3 is 0 Å². The molecule has 3 heteroatoms. The molecule has 0 amide bonds. The Morgan fingerprint density at radius 2 is 0.589 bits per heavy atom. The molecule has 56 heavy (non-hydrogen) atoms. The van der Waals surface area contributed by atoms with E-state index in [2.05, 4.69) is 206 Å². The quantitative estimate of drug-likeness (QED) is 0.165. The SMILES string of the molecule is c1ccc(-c2ccc(-c3nc(-c4cccc(-c5cccc6ccccc56)c4)nc(-c4cccc(-c5ccc(-c6ccccc6)c6ccccc56)c4)n3)cc2)cc1. The van der Waals surface area contributed by atoms with Crippen LogP contribution in [0.15, 0.2) is 212 Å². The molecule has 9 aromatic carbocycles. The summed E-state index contributed by atoms with van der Waals surface area (Å²) < 4.78 is 0. The van der Waals surface area contributed by atoms with Gasteiger partial charge in [0, 0.05) is 16.7 Å². The fourth-order valence-corrected chi connectivity index (χ4v) is 7.75. The van der Waals surface area contributed by atoms with Crippen LogP contribution in [-0.2, 0) is 0 Å². The Labute approximate surface area is 326 Å². The predicted octanol–water partition coefficient (Wildman–Crippen LogP) is 13.8. The molecule has 3 nitrogen and oxygen atoms in total. The van der Waals surface area contributed by atoms with Gasteiger partial charge in [-0.3, -0.25) is 0 Å². The molecule has 10 aromatic rings. The van der Waals surface area contributed by atoms with Crippen molar-refractivity contribution < 1.29 is 0 Å². The van der Waals surface area contributed by atoms with E-state index in [1.165, 1.54) is 43.8 Å². The van der Waals surface area contributed by atoms with Crippen molar-refractivity contribution in [2.45, 2.75) is 0 Å². The average Bonchev–Trinajstić information content (AvgIpc) is 3.29. The predicted molar refractivity (Wildman–Crippen MR) is 233 cm³/mol. The zero-order valence-electron chi connectivity index (χ0n) is 30.5. The maximum Gasteiger partial charge on any atom is 0.164 e. The standard InChI is InChI=1S/C53H35N3/c1-3-14-36(15-4-1)37-28-30-40(31-29-37)51-54-52(43-22-11-20-41(34-43)46-27-13-19-39-18-7-8-24-45(39)46)56-53(55-51)44-23-12-21-42(35-44)48-33-32-47(38-16-5-2-6-17-38)49-25-9-10-26-50(48)49/h1-35H. The number of hydrogen-bond acceptors (Lipinski definition) is 3. The highest BCUT2D eigenvalue weighted by Gasteiger charge is 2.16. The van der Waals surface area contributed by atoms with E-state index in [1.807, 2.05) is 6.07 Å². The third-order valence-electron chi connectivity index (χ3n) is 10.5. The van der Waals surface area contributed by atoms with E-state index in [0.29, 0.717) is 17.5 Å². The van der Waals surface area contributed by atoms with Gasteiger partial charge in [-0.25, -0.2) is 15.0 Å². The molecular weight excluding hydrogens is 679 g/mol. The number of benzene rings is 9. The fourth-order valence-electron chi connectivity index (χ4n) is 7.75. The minimum atomic E-state index is 0.625. The van der Waals surface area contributed by atoms with Crippen LogP contribution in [-0.4, -0.2) is 15.0 Å². The molecule has 0 unspecified atom stereocenters. The van der Waals surface area contributed by atoms with E-state index >= 15 is 0 Å². The smallest absolute Gasteiger partial charge is 0.164 e. The minimum Gasteiger partial charge on any atom is -0.208 e. The lowest BCUT2D eigenvalue weighted by molar-refractivity contribution is 1.07. The van der Waals surface area contributed by atoms with Crippen LogP contribution in [0.2, 0.25) is 0 Å². The van der Waals surface area contributed by atoms with Gasteiger partial charge >= 0.3 is 0 Å². The highest BCUT2D eigenvalue weighted by atomic mass is 15.0. The summed E-state index contributed by atoms with van der Waals surface area (Å²) in [5, 5.41) is 4.84. The van der Waals surface area contributed by atoms with E-state index in [0.717, 1.165) is 38.9 Å². The van der Waals surface area contributed by atoms with Crippen LogP contribution in [0.1, 0.15) is 0 Å². The van der Waals surface area contributed by atoms with Crippen molar-refractivity contribution in [3.8, 4) is 78.7 Å². The molecule has 262 valence electrons. The lowest BCUT2D eigenvalue weighted by Gasteiger charge is -2.14. The first kappa shape index (κ1) is 33.1. The lowest BCUT2D eigenvalue weighted by atomic mass is 9.91. The van der Waals surface area contributed by atoms with Crippen molar-refractivity contribution in [3.63, 3.8) is 0 Å². The molecular formula is C53H35N3. The van der Waals surface area contributed by atoms with E-state index < -0.39 is 0 Å². The van der Waals surface area contributed by atoms with Crippen LogP contribution in [0.5, 0.6) is 0 Å². The Morgan fingerprint density at radius 3 is 1.20 bits per heavy atom. The molecule has 0 aliphatic heterocycles. The van der Waals surface area contributed by atoms with Gasteiger partial charge in [0.15, 0.2) is 17.5 Å².